The summed E-state index contributed by atoms with van der Waals surface area (Å²) in [5, 5.41) is 3.19. The number of hydrogen-bond acceptors (Lipinski definition) is 4. The highest BCUT2D eigenvalue weighted by Crippen LogP contribution is 2.24. The Morgan fingerprint density at radius 3 is 2.56 bits per heavy atom. The maximum Gasteiger partial charge on any atom is 0.289 e. The molecule has 0 saturated carbocycles. The van der Waals surface area contributed by atoms with Gasteiger partial charge in [0.1, 0.15) is 11.9 Å². The van der Waals surface area contributed by atoms with Crippen molar-refractivity contribution >= 4 is 11.7 Å². The van der Waals surface area contributed by atoms with Crippen LogP contribution in [0.2, 0.25) is 0 Å². The molecule has 1 aromatic rings. The molecule has 1 atom stereocenters. The summed E-state index contributed by atoms with van der Waals surface area (Å²) < 4.78 is 10.8. The Morgan fingerprint density at radius 2 is 2.00 bits per heavy atom. The molecule has 0 spiro atoms. The molecule has 1 heterocycles. The van der Waals surface area contributed by atoms with Crippen molar-refractivity contribution < 1.29 is 9.47 Å². The first-order chi connectivity index (χ1) is 8.48. The van der Waals surface area contributed by atoms with Crippen LogP contribution in [-0.4, -0.2) is 24.8 Å². The number of nitrogens with one attached hydrogen (secondary N) is 1. The summed E-state index contributed by atoms with van der Waals surface area (Å²) in [4.78, 5) is 4.55. The van der Waals surface area contributed by atoms with E-state index >= 15 is 0 Å². The first-order valence-corrected chi connectivity index (χ1v) is 6.16. The van der Waals surface area contributed by atoms with Gasteiger partial charge in [0.25, 0.3) is 6.02 Å². The summed E-state index contributed by atoms with van der Waals surface area (Å²) in [5.74, 6) is 0.834. The van der Waals surface area contributed by atoms with E-state index in [1.54, 1.807) is 7.11 Å². The van der Waals surface area contributed by atoms with E-state index in [2.05, 4.69) is 31.1 Å². The van der Waals surface area contributed by atoms with Gasteiger partial charge in [-0.1, -0.05) is 0 Å². The predicted octanol–water partition coefficient (Wildman–Crippen LogP) is 3.05. The number of nitrogens with zero attached hydrogens (tertiary/aromatic N) is 1. The standard InChI is InChI=1S/C14H20N2O2/c1-10-9-14(2,3)16-13(18-10)15-11-5-7-12(17-4)8-6-11/h5-8,10H,9H2,1-4H3,(H,15,16). The van der Waals surface area contributed by atoms with Gasteiger partial charge in [0.15, 0.2) is 0 Å². The van der Waals surface area contributed by atoms with Crippen molar-refractivity contribution in [1.82, 2.24) is 0 Å². The number of methoxy groups -OCH3 is 1. The summed E-state index contributed by atoms with van der Waals surface area (Å²) in [6, 6.07) is 8.28. The van der Waals surface area contributed by atoms with Crippen molar-refractivity contribution in [1.29, 1.82) is 0 Å². The van der Waals surface area contributed by atoms with Crippen molar-refractivity contribution in [3.8, 4) is 5.75 Å². The van der Waals surface area contributed by atoms with Gasteiger partial charge in [0.2, 0.25) is 0 Å². The van der Waals surface area contributed by atoms with Crippen molar-refractivity contribution in [3.63, 3.8) is 0 Å². The quantitative estimate of drug-likeness (QED) is 0.874. The number of benzene rings is 1. The zero-order valence-corrected chi connectivity index (χ0v) is 11.4. The van der Waals surface area contributed by atoms with Crippen molar-refractivity contribution in [2.45, 2.75) is 38.8 Å². The minimum atomic E-state index is -0.0769. The van der Waals surface area contributed by atoms with E-state index in [-0.39, 0.29) is 11.6 Å². The van der Waals surface area contributed by atoms with Crippen LogP contribution in [0.1, 0.15) is 27.2 Å². The van der Waals surface area contributed by atoms with Crippen LogP contribution >= 0.6 is 0 Å². The van der Waals surface area contributed by atoms with Gasteiger partial charge in [-0.05, 0) is 45.0 Å². The maximum atomic E-state index is 5.69. The first-order valence-electron chi connectivity index (χ1n) is 6.16. The normalized spacial score (nSPS) is 21.8. The Kier molecular flexibility index (Phi) is 3.45. The smallest absolute Gasteiger partial charge is 0.289 e. The third-order valence-corrected chi connectivity index (χ3v) is 2.85. The van der Waals surface area contributed by atoms with Crippen LogP contribution in [0.15, 0.2) is 29.3 Å². The zero-order valence-electron chi connectivity index (χ0n) is 11.4. The lowest BCUT2D eigenvalue weighted by atomic mass is 9.97. The van der Waals surface area contributed by atoms with E-state index in [0.29, 0.717) is 6.02 Å². The Bertz CT molecular complexity index is 438. The first kappa shape index (κ1) is 12.7. The van der Waals surface area contributed by atoms with Crippen LogP contribution < -0.4 is 10.1 Å². The third kappa shape index (κ3) is 3.15. The number of hydrogen-bond donors (Lipinski definition) is 1. The molecule has 0 bridgehead atoms. The molecule has 18 heavy (non-hydrogen) atoms. The average Bonchev–Trinajstić information content (AvgIpc) is 2.27. The molecule has 1 aliphatic heterocycles. The molecule has 4 heteroatoms. The Morgan fingerprint density at radius 1 is 1.33 bits per heavy atom. The highest BCUT2D eigenvalue weighted by molar-refractivity contribution is 5.89. The zero-order chi connectivity index (χ0) is 13.2. The number of aliphatic imine (C=N–C) groups is 1. The maximum absolute atomic E-state index is 5.69. The molecular formula is C14H20N2O2. The minimum absolute atomic E-state index is 0.0769. The van der Waals surface area contributed by atoms with Crippen LogP contribution in [0, 0.1) is 0 Å². The highest BCUT2D eigenvalue weighted by atomic mass is 16.5. The SMILES string of the molecule is COc1ccc(NC2=NC(C)(C)CC(C)O2)cc1. The second-order valence-corrected chi connectivity index (χ2v) is 5.22. The Hall–Kier alpha value is -1.71. The number of rotatable bonds is 2. The predicted molar refractivity (Wildman–Crippen MR) is 73.3 cm³/mol. The fraction of sp³-hybridized carbons (Fsp3) is 0.500. The topological polar surface area (TPSA) is 42.8 Å². The van der Waals surface area contributed by atoms with Crippen LogP contribution in [0.5, 0.6) is 5.75 Å². The lowest BCUT2D eigenvalue weighted by Gasteiger charge is -2.31. The van der Waals surface area contributed by atoms with E-state index in [9.17, 15) is 0 Å². The molecule has 0 aromatic heterocycles. The lowest BCUT2D eigenvalue weighted by Crippen LogP contribution is -2.36. The number of ether oxygens (including phenoxy) is 2. The van der Waals surface area contributed by atoms with Gasteiger partial charge in [0, 0.05) is 12.1 Å². The Labute approximate surface area is 108 Å². The summed E-state index contributed by atoms with van der Waals surface area (Å²) in [6.45, 7) is 6.29. The number of amidine groups is 1. The fourth-order valence-corrected chi connectivity index (χ4v) is 2.14. The van der Waals surface area contributed by atoms with Gasteiger partial charge in [-0.25, -0.2) is 4.99 Å². The minimum Gasteiger partial charge on any atom is -0.497 e. The third-order valence-electron chi connectivity index (χ3n) is 2.85. The second kappa shape index (κ2) is 4.88. The molecule has 1 aliphatic rings. The second-order valence-electron chi connectivity index (χ2n) is 5.22. The molecular weight excluding hydrogens is 228 g/mol. The lowest BCUT2D eigenvalue weighted by molar-refractivity contribution is 0.144. The van der Waals surface area contributed by atoms with Crippen LogP contribution in [0.4, 0.5) is 5.69 Å². The largest absolute Gasteiger partial charge is 0.497 e. The van der Waals surface area contributed by atoms with E-state index in [4.69, 9.17) is 9.47 Å². The number of anilines is 1. The van der Waals surface area contributed by atoms with Crippen molar-refractivity contribution in [3.05, 3.63) is 24.3 Å². The molecule has 98 valence electrons. The van der Waals surface area contributed by atoms with Gasteiger partial charge in [-0.2, -0.15) is 0 Å². The molecule has 2 rings (SSSR count). The van der Waals surface area contributed by atoms with Crippen LogP contribution in [0.3, 0.4) is 0 Å². The van der Waals surface area contributed by atoms with Crippen LogP contribution in [0.25, 0.3) is 0 Å². The molecule has 0 fully saturated rings. The summed E-state index contributed by atoms with van der Waals surface area (Å²) in [5.41, 5.74) is 0.867. The molecule has 1 N–H and O–H groups in total. The molecule has 0 saturated heterocycles. The fourth-order valence-electron chi connectivity index (χ4n) is 2.14. The summed E-state index contributed by atoms with van der Waals surface area (Å²) >= 11 is 0. The van der Waals surface area contributed by atoms with E-state index in [1.807, 2.05) is 24.3 Å². The van der Waals surface area contributed by atoms with Gasteiger partial charge in [-0.15, -0.1) is 0 Å². The van der Waals surface area contributed by atoms with Gasteiger partial charge in [0.05, 0.1) is 12.6 Å². The molecule has 1 aromatic carbocycles. The van der Waals surface area contributed by atoms with Gasteiger partial charge < -0.3 is 14.8 Å². The van der Waals surface area contributed by atoms with Gasteiger partial charge >= 0.3 is 0 Å². The molecule has 0 amide bonds. The van der Waals surface area contributed by atoms with Crippen molar-refractivity contribution in [2.75, 3.05) is 12.4 Å². The highest BCUT2D eigenvalue weighted by Gasteiger charge is 2.28. The average molecular weight is 248 g/mol. The summed E-state index contributed by atoms with van der Waals surface area (Å²) in [7, 11) is 1.65. The van der Waals surface area contributed by atoms with Crippen molar-refractivity contribution in [2.24, 2.45) is 4.99 Å². The molecule has 0 radical (unpaired) electrons. The van der Waals surface area contributed by atoms with E-state index in [1.165, 1.54) is 0 Å². The van der Waals surface area contributed by atoms with E-state index in [0.717, 1.165) is 17.9 Å². The molecule has 0 aliphatic carbocycles. The Balaban J connectivity index is 2.10. The monoisotopic (exact) mass is 248 g/mol. The molecule has 4 nitrogen and oxygen atoms in total. The van der Waals surface area contributed by atoms with Crippen LogP contribution in [-0.2, 0) is 4.74 Å². The molecule has 1 unspecified atom stereocenters. The summed E-state index contributed by atoms with van der Waals surface area (Å²) in [6.07, 6.45) is 1.11. The van der Waals surface area contributed by atoms with Gasteiger partial charge in [-0.3, -0.25) is 0 Å². The van der Waals surface area contributed by atoms with E-state index < -0.39 is 0 Å².